The van der Waals surface area contributed by atoms with Gasteiger partial charge in [-0.3, -0.25) is 13.8 Å². The van der Waals surface area contributed by atoms with Crippen molar-refractivity contribution in [3.05, 3.63) is 40.7 Å². The van der Waals surface area contributed by atoms with E-state index in [2.05, 4.69) is 12.0 Å². The molecule has 0 N–H and O–H groups in total. The molecule has 1 saturated heterocycles. The van der Waals surface area contributed by atoms with Crippen LogP contribution in [0.4, 0.5) is 5.69 Å². The summed E-state index contributed by atoms with van der Waals surface area (Å²) in [6.07, 6.45) is 1.89. The average Bonchev–Trinajstić information content (AvgIpc) is 2.91. The number of amides is 1. The summed E-state index contributed by atoms with van der Waals surface area (Å²) >= 11 is 0. The predicted octanol–water partition coefficient (Wildman–Crippen LogP) is 3.11. The summed E-state index contributed by atoms with van der Waals surface area (Å²) in [5.74, 6) is 0.429. The molecule has 8 heteroatoms. The summed E-state index contributed by atoms with van der Waals surface area (Å²) in [6.45, 7) is 10.6. The zero-order valence-corrected chi connectivity index (χ0v) is 19.6. The van der Waals surface area contributed by atoms with E-state index in [1.54, 1.807) is 30.5 Å². The molecule has 1 aliphatic heterocycles. The van der Waals surface area contributed by atoms with E-state index in [0.717, 1.165) is 24.0 Å². The molecule has 1 aromatic carbocycles. The van der Waals surface area contributed by atoms with Gasteiger partial charge in [0.05, 0.1) is 17.1 Å². The van der Waals surface area contributed by atoms with E-state index in [0.29, 0.717) is 36.1 Å². The van der Waals surface area contributed by atoms with Gasteiger partial charge >= 0.3 is 0 Å². The normalized spacial score (nSPS) is 15.5. The van der Waals surface area contributed by atoms with Crippen LogP contribution < -0.4 is 4.31 Å². The van der Waals surface area contributed by atoms with Crippen LogP contribution in [-0.4, -0.2) is 48.6 Å². The fourth-order valence-electron chi connectivity index (χ4n) is 4.13. The van der Waals surface area contributed by atoms with E-state index >= 15 is 0 Å². The number of piperidine rings is 1. The number of hydrogen-bond donors (Lipinski definition) is 0. The van der Waals surface area contributed by atoms with Crippen molar-refractivity contribution in [3.63, 3.8) is 0 Å². The van der Waals surface area contributed by atoms with Gasteiger partial charge in [0, 0.05) is 20.1 Å². The van der Waals surface area contributed by atoms with Crippen LogP contribution in [0.5, 0.6) is 0 Å². The smallest absolute Gasteiger partial charge is 0.268 e. The van der Waals surface area contributed by atoms with Gasteiger partial charge in [-0.1, -0.05) is 13.0 Å². The van der Waals surface area contributed by atoms with Gasteiger partial charge in [0.15, 0.2) is 0 Å². The Morgan fingerprint density at radius 1 is 1.10 bits per heavy atom. The predicted molar refractivity (Wildman–Crippen MR) is 118 cm³/mol. The van der Waals surface area contributed by atoms with E-state index in [9.17, 15) is 13.2 Å². The van der Waals surface area contributed by atoms with Gasteiger partial charge in [-0.2, -0.15) is 5.10 Å². The Hall–Kier alpha value is -2.35. The lowest BCUT2D eigenvalue weighted by Crippen LogP contribution is -2.46. The average molecular weight is 433 g/mol. The van der Waals surface area contributed by atoms with Gasteiger partial charge in [0.25, 0.3) is 10.0 Å². The highest BCUT2D eigenvalue weighted by Gasteiger charge is 2.34. The van der Waals surface area contributed by atoms with Gasteiger partial charge in [-0.25, -0.2) is 8.42 Å². The van der Waals surface area contributed by atoms with E-state index in [4.69, 9.17) is 0 Å². The fourth-order valence-corrected chi connectivity index (χ4v) is 5.93. The molecule has 2 aromatic rings. The molecule has 0 aliphatic carbocycles. The summed E-state index contributed by atoms with van der Waals surface area (Å²) in [4.78, 5) is 15.1. The van der Waals surface area contributed by atoms with Crippen LogP contribution in [0.2, 0.25) is 0 Å². The van der Waals surface area contributed by atoms with Crippen LogP contribution in [0.15, 0.2) is 23.1 Å². The Morgan fingerprint density at radius 3 is 2.17 bits per heavy atom. The Kier molecular flexibility index (Phi) is 6.26. The first-order valence-corrected chi connectivity index (χ1v) is 11.8. The van der Waals surface area contributed by atoms with Gasteiger partial charge in [-0.05, 0) is 69.7 Å². The van der Waals surface area contributed by atoms with Crippen LogP contribution >= 0.6 is 0 Å². The van der Waals surface area contributed by atoms with Crippen molar-refractivity contribution in [1.29, 1.82) is 0 Å². The van der Waals surface area contributed by atoms with Gasteiger partial charge in [-0.15, -0.1) is 0 Å². The maximum atomic E-state index is 13.8. The zero-order valence-electron chi connectivity index (χ0n) is 18.8. The lowest BCUT2D eigenvalue weighted by atomic mass is 9.99. The number of anilines is 1. The number of aryl methyl sites for hydroxylation is 4. The Bertz CT molecular complexity index is 1030. The van der Waals surface area contributed by atoms with Gasteiger partial charge < -0.3 is 4.90 Å². The van der Waals surface area contributed by atoms with Crippen molar-refractivity contribution in [2.45, 2.75) is 52.4 Å². The Balaban J connectivity index is 2.04. The first-order chi connectivity index (χ1) is 14.0. The lowest BCUT2D eigenvalue weighted by molar-refractivity contribution is -0.130. The first-order valence-electron chi connectivity index (χ1n) is 10.4. The van der Waals surface area contributed by atoms with Gasteiger partial charge in [0.1, 0.15) is 11.4 Å². The molecule has 30 heavy (non-hydrogen) atoms. The number of rotatable bonds is 5. The third-order valence-electron chi connectivity index (χ3n) is 5.90. The Morgan fingerprint density at radius 2 is 1.67 bits per heavy atom. The fraction of sp³-hybridized carbons (Fsp3) is 0.545. The number of carbonyl (C=O) groups is 1. The SMILES string of the molecule is Cc1cc(C)cc(N(CC(=O)N2CCC(C)CC2)S(=O)(=O)c2c(C)nn(C)c2C)c1. The molecule has 0 atom stereocenters. The molecule has 1 aromatic heterocycles. The van der Waals surface area contributed by atoms with Crippen LogP contribution in [0, 0.1) is 33.6 Å². The molecule has 0 radical (unpaired) electrons. The maximum absolute atomic E-state index is 13.8. The molecule has 0 bridgehead atoms. The van der Waals surface area contributed by atoms with Crippen LogP contribution in [0.3, 0.4) is 0 Å². The molecule has 7 nitrogen and oxygen atoms in total. The third kappa shape index (κ3) is 4.38. The van der Waals surface area contributed by atoms with Crippen molar-refractivity contribution in [1.82, 2.24) is 14.7 Å². The highest BCUT2D eigenvalue weighted by atomic mass is 32.2. The van der Waals surface area contributed by atoms with Crippen molar-refractivity contribution in [3.8, 4) is 0 Å². The van der Waals surface area contributed by atoms with E-state index in [-0.39, 0.29) is 17.3 Å². The number of aromatic nitrogens is 2. The molecular formula is C22H32N4O3S. The number of sulfonamides is 1. The highest BCUT2D eigenvalue weighted by Crippen LogP contribution is 2.29. The minimum absolute atomic E-state index is 0.163. The van der Waals surface area contributed by atoms with Gasteiger partial charge in [0.2, 0.25) is 5.91 Å². The molecule has 0 saturated carbocycles. The summed E-state index contributed by atoms with van der Waals surface area (Å²) in [7, 11) is -2.25. The standard InChI is InChI=1S/C22H32N4O3S/c1-15-7-9-25(10-8-15)21(27)14-26(20-12-16(2)11-17(3)13-20)30(28,29)22-18(4)23-24(6)19(22)5/h11-13,15H,7-10,14H2,1-6H3. The molecule has 1 amide bonds. The highest BCUT2D eigenvalue weighted by molar-refractivity contribution is 7.93. The number of carbonyl (C=O) groups excluding carboxylic acids is 1. The van der Waals surface area contributed by atoms with Crippen LogP contribution in [-0.2, 0) is 21.9 Å². The summed E-state index contributed by atoms with van der Waals surface area (Å²) < 4.78 is 30.4. The molecule has 0 spiro atoms. The molecule has 2 heterocycles. The largest absolute Gasteiger partial charge is 0.341 e. The van der Waals surface area contributed by atoms with Crippen LogP contribution in [0.1, 0.15) is 42.3 Å². The monoisotopic (exact) mass is 432 g/mol. The lowest BCUT2D eigenvalue weighted by Gasteiger charge is -2.33. The number of hydrogen-bond acceptors (Lipinski definition) is 4. The van der Waals surface area contributed by atoms with E-state index < -0.39 is 10.0 Å². The van der Waals surface area contributed by atoms with Crippen LogP contribution in [0.25, 0.3) is 0 Å². The number of likely N-dealkylation sites (tertiary alicyclic amines) is 1. The number of nitrogens with zero attached hydrogens (tertiary/aromatic N) is 4. The molecule has 0 unspecified atom stereocenters. The van der Waals surface area contributed by atoms with E-state index in [1.165, 1.54) is 4.31 Å². The van der Waals surface area contributed by atoms with Crippen molar-refractivity contribution in [2.75, 3.05) is 23.9 Å². The first kappa shape index (κ1) is 22.3. The summed E-state index contributed by atoms with van der Waals surface area (Å²) in [5, 5.41) is 4.28. The second kappa shape index (κ2) is 8.41. The minimum atomic E-state index is -3.97. The van der Waals surface area contributed by atoms with E-state index in [1.807, 2.05) is 32.0 Å². The summed E-state index contributed by atoms with van der Waals surface area (Å²) in [6, 6.07) is 5.62. The van der Waals surface area contributed by atoms with Crippen molar-refractivity contribution < 1.29 is 13.2 Å². The van der Waals surface area contributed by atoms with Crippen molar-refractivity contribution >= 4 is 21.6 Å². The molecule has 1 fully saturated rings. The molecular weight excluding hydrogens is 400 g/mol. The quantitative estimate of drug-likeness (QED) is 0.728. The number of benzene rings is 1. The van der Waals surface area contributed by atoms with Crippen molar-refractivity contribution in [2.24, 2.45) is 13.0 Å². The third-order valence-corrected chi connectivity index (χ3v) is 7.93. The maximum Gasteiger partial charge on any atom is 0.268 e. The zero-order chi connectivity index (χ0) is 22.2. The second-order valence-corrected chi connectivity index (χ2v) is 10.3. The Labute approximate surface area is 179 Å². The second-order valence-electron chi connectivity index (χ2n) is 8.54. The topological polar surface area (TPSA) is 75.5 Å². The molecule has 1 aliphatic rings. The summed E-state index contributed by atoms with van der Waals surface area (Å²) in [5.41, 5.74) is 3.40. The molecule has 3 rings (SSSR count). The molecule has 164 valence electrons. The minimum Gasteiger partial charge on any atom is -0.341 e.